The Morgan fingerprint density at radius 1 is 1.10 bits per heavy atom. The molecule has 0 N–H and O–H groups in total. The van der Waals surface area contributed by atoms with Crippen molar-refractivity contribution >= 4 is 16.9 Å². The van der Waals surface area contributed by atoms with Crippen LogP contribution >= 0.6 is 0 Å². The van der Waals surface area contributed by atoms with E-state index in [-0.39, 0.29) is 5.91 Å². The van der Waals surface area contributed by atoms with E-state index in [0.29, 0.717) is 13.1 Å². The predicted molar refractivity (Wildman–Crippen MR) is 117 cm³/mol. The largest absolute Gasteiger partial charge is 0.361 e. The molecule has 0 bridgehead atoms. The molecule has 4 aromatic rings. The van der Waals surface area contributed by atoms with E-state index in [0.717, 1.165) is 53.1 Å². The summed E-state index contributed by atoms with van der Waals surface area (Å²) >= 11 is 0. The first-order valence-electron chi connectivity index (χ1n) is 10.3. The summed E-state index contributed by atoms with van der Waals surface area (Å²) in [6.45, 7) is 3.03. The molecule has 4 rings (SSSR count). The number of amides is 1. The lowest BCUT2D eigenvalue weighted by Crippen LogP contribution is -2.31. The fourth-order valence-corrected chi connectivity index (χ4v) is 3.62. The lowest BCUT2D eigenvalue weighted by Gasteiger charge is -2.18. The monoisotopic (exact) mass is 402 g/mol. The maximum atomic E-state index is 12.8. The second-order valence-corrected chi connectivity index (χ2v) is 7.42. The molecule has 0 saturated heterocycles. The maximum absolute atomic E-state index is 12.8. The van der Waals surface area contributed by atoms with Crippen molar-refractivity contribution in [2.45, 2.75) is 32.7 Å². The number of hydrogen-bond donors (Lipinski definition) is 0. The summed E-state index contributed by atoms with van der Waals surface area (Å²) in [4.78, 5) is 19.2. The van der Waals surface area contributed by atoms with Gasteiger partial charge in [0.2, 0.25) is 5.91 Å². The molecular formula is C24H26N4O2. The Balaban J connectivity index is 1.33. The van der Waals surface area contributed by atoms with Gasteiger partial charge in [0.1, 0.15) is 23.8 Å². The Hall–Kier alpha value is -3.41. The van der Waals surface area contributed by atoms with Gasteiger partial charge in [-0.15, -0.1) is 0 Å². The van der Waals surface area contributed by atoms with Gasteiger partial charge in [-0.05, 0) is 18.6 Å². The minimum absolute atomic E-state index is 0.0791. The third kappa shape index (κ3) is 4.27. The molecule has 0 radical (unpaired) electrons. The molecule has 0 atom stereocenters. The Morgan fingerprint density at radius 3 is 2.67 bits per heavy atom. The average Bonchev–Trinajstić information content (AvgIpc) is 3.39. The molecule has 0 unspecified atom stereocenters. The van der Waals surface area contributed by atoms with Crippen LogP contribution < -0.4 is 0 Å². The van der Waals surface area contributed by atoms with E-state index >= 15 is 0 Å². The smallest absolute Gasteiger partial charge is 0.242 e. The number of carbonyl (C=O) groups is 1. The zero-order chi connectivity index (χ0) is 20.9. The van der Waals surface area contributed by atoms with Crippen LogP contribution in [-0.2, 0) is 24.2 Å². The highest BCUT2D eigenvalue weighted by molar-refractivity contribution is 5.81. The zero-order valence-corrected chi connectivity index (χ0v) is 17.4. The van der Waals surface area contributed by atoms with E-state index in [4.69, 9.17) is 4.52 Å². The van der Waals surface area contributed by atoms with Crippen molar-refractivity contribution in [2.75, 3.05) is 13.6 Å². The van der Waals surface area contributed by atoms with Crippen LogP contribution in [0.25, 0.3) is 22.3 Å². The van der Waals surface area contributed by atoms with E-state index < -0.39 is 0 Å². The number of likely N-dealkylation sites (N-methyl/N-ethyl adjacent to an activating group) is 1. The van der Waals surface area contributed by atoms with Crippen molar-refractivity contribution in [2.24, 2.45) is 0 Å². The number of para-hydroxylation sites is 2. The van der Waals surface area contributed by atoms with Crippen LogP contribution in [0.15, 0.2) is 65.2 Å². The van der Waals surface area contributed by atoms with Crippen LogP contribution in [0, 0.1) is 0 Å². The molecule has 2 aromatic heterocycles. The van der Waals surface area contributed by atoms with Crippen molar-refractivity contribution in [3.63, 3.8) is 0 Å². The summed E-state index contributed by atoms with van der Waals surface area (Å²) < 4.78 is 7.48. The second kappa shape index (κ2) is 8.95. The lowest BCUT2D eigenvalue weighted by molar-refractivity contribution is -0.130. The topological polar surface area (TPSA) is 64.2 Å². The van der Waals surface area contributed by atoms with Gasteiger partial charge in [-0.25, -0.2) is 4.98 Å². The standard InChI is InChI=1S/C24H26N4O2/c1-3-23-25-20-13-7-8-14-22(20)28(23)17-24(29)27(2)15-9-12-19-16-21(26-30-19)18-10-5-4-6-11-18/h4-8,10-11,13-14,16H,3,9,12,15,17H2,1-2H3. The normalized spacial score (nSPS) is 11.1. The third-order valence-corrected chi connectivity index (χ3v) is 5.31. The van der Waals surface area contributed by atoms with Crippen molar-refractivity contribution in [1.82, 2.24) is 19.6 Å². The molecule has 0 aliphatic heterocycles. The van der Waals surface area contributed by atoms with Gasteiger partial charge in [0.05, 0.1) is 11.0 Å². The summed E-state index contributed by atoms with van der Waals surface area (Å²) in [5.41, 5.74) is 3.82. The molecule has 154 valence electrons. The van der Waals surface area contributed by atoms with Crippen molar-refractivity contribution in [3.05, 3.63) is 72.2 Å². The maximum Gasteiger partial charge on any atom is 0.242 e. The molecule has 30 heavy (non-hydrogen) atoms. The number of aromatic nitrogens is 3. The van der Waals surface area contributed by atoms with Crippen LogP contribution in [0.4, 0.5) is 0 Å². The number of rotatable bonds is 8. The van der Waals surface area contributed by atoms with Crippen LogP contribution in [0.5, 0.6) is 0 Å². The Labute approximate surface area is 176 Å². The number of carbonyl (C=O) groups excluding carboxylic acids is 1. The van der Waals surface area contributed by atoms with Crippen LogP contribution in [0.3, 0.4) is 0 Å². The van der Waals surface area contributed by atoms with Gasteiger partial charge in [-0.2, -0.15) is 0 Å². The first-order chi connectivity index (χ1) is 14.7. The van der Waals surface area contributed by atoms with Crippen molar-refractivity contribution < 1.29 is 9.32 Å². The minimum Gasteiger partial charge on any atom is -0.361 e. The molecule has 0 saturated carbocycles. The highest BCUT2D eigenvalue weighted by atomic mass is 16.5. The molecule has 0 spiro atoms. The number of hydrogen-bond acceptors (Lipinski definition) is 4. The van der Waals surface area contributed by atoms with Gasteiger partial charge in [0, 0.05) is 38.1 Å². The van der Waals surface area contributed by atoms with E-state index in [1.54, 1.807) is 4.90 Å². The van der Waals surface area contributed by atoms with Crippen molar-refractivity contribution in [3.8, 4) is 11.3 Å². The highest BCUT2D eigenvalue weighted by Gasteiger charge is 2.15. The van der Waals surface area contributed by atoms with E-state index in [9.17, 15) is 4.79 Å². The predicted octanol–water partition coefficient (Wildman–Crippen LogP) is 4.34. The van der Waals surface area contributed by atoms with E-state index in [1.165, 1.54) is 0 Å². The molecular weight excluding hydrogens is 376 g/mol. The summed E-state index contributed by atoms with van der Waals surface area (Å²) in [6, 6.07) is 19.9. The average molecular weight is 402 g/mol. The SMILES string of the molecule is CCc1nc2ccccc2n1CC(=O)N(C)CCCc1cc(-c2ccccc2)no1. The summed E-state index contributed by atoms with van der Waals surface area (Å²) in [7, 11) is 1.85. The minimum atomic E-state index is 0.0791. The third-order valence-electron chi connectivity index (χ3n) is 5.31. The van der Waals surface area contributed by atoms with Crippen LogP contribution in [0.2, 0.25) is 0 Å². The number of nitrogens with zero attached hydrogens (tertiary/aromatic N) is 4. The van der Waals surface area contributed by atoms with Crippen molar-refractivity contribution in [1.29, 1.82) is 0 Å². The highest BCUT2D eigenvalue weighted by Crippen LogP contribution is 2.20. The summed E-state index contributed by atoms with van der Waals surface area (Å²) in [5.74, 6) is 1.85. The molecule has 2 heterocycles. The fourth-order valence-electron chi connectivity index (χ4n) is 3.62. The molecule has 6 nitrogen and oxygen atoms in total. The molecule has 0 aliphatic rings. The molecule has 0 fully saturated rings. The fraction of sp³-hybridized carbons (Fsp3) is 0.292. The molecule has 0 aliphatic carbocycles. The summed E-state index contributed by atoms with van der Waals surface area (Å²) in [6.07, 6.45) is 2.35. The van der Waals surface area contributed by atoms with Gasteiger partial charge in [-0.3, -0.25) is 4.79 Å². The number of benzene rings is 2. The number of aryl methyl sites for hydroxylation is 2. The quantitative estimate of drug-likeness (QED) is 0.440. The first kappa shape index (κ1) is 19.9. The van der Waals surface area contributed by atoms with Gasteiger partial charge in [-0.1, -0.05) is 54.5 Å². The second-order valence-electron chi connectivity index (χ2n) is 7.42. The van der Waals surface area contributed by atoms with Gasteiger partial charge < -0.3 is 14.0 Å². The number of imidazole rings is 1. The Kier molecular flexibility index (Phi) is 5.93. The van der Waals surface area contributed by atoms with Crippen LogP contribution in [-0.4, -0.2) is 39.1 Å². The Morgan fingerprint density at radius 2 is 1.87 bits per heavy atom. The van der Waals surface area contributed by atoms with Crippen LogP contribution in [0.1, 0.15) is 24.9 Å². The number of fused-ring (bicyclic) bond motifs is 1. The van der Waals surface area contributed by atoms with Gasteiger partial charge in [0.15, 0.2) is 0 Å². The first-order valence-corrected chi connectivity index (χ1v) is 10.3. The molecule has 1 amide bonds. The molecule has 2 aromatic carbocycles. The van der Waals surface area contributed by atoms with E-state index in [1.807, 2.05) is 72.3 Å². The van der Waals surface area contributed by atoms with E-state index in [2.05, 4.69) is 17.1 Å². The summed E-state index contributed by atoms with van der Waals surface area (Å²) in [5, 5.41) is 4.15. The zero-order valence-electron chi connectivity index (χ0n) is 17.4. The lowest BCUT2D eigenvalue weighted by atomic mass is 10.1. The van der Waals surface area contributed by atoms with Gasteiger partial charge >= 0.3 is 0 Å². The van der Waals surface area contributed by atoms with Gasteiger partial charge in [0.25, 0.3) is 0 Å². The molecule has 6 heteroatoms. The Bertz CT molecular complexity index is 1130.